The van der Waals surface area contributed by atoms with E-state index in [0.717, 1.165) is 0 Å². The van der Waals surface area contributed by atoms with Crippen LogP contribution in [0.4, 0.5) is 0 Å². The van der Waals surface area contributed by atoms with Crippen LogP contribution in [-0.2, 0) is 0 Å². The summed E-state index contributed by atoms with van der Waals surface area (Å²) < 4.78 is 0. The molecule has 0 amide bonds. The highest BCUT2D eigenvalue weighted by atomic mass is 14.4. The molecule has 0 aliphatic carbocycles. The molecule has 0 aliphatic heterocycles. The van der Waals surface area contributed by atoms with Crippen molar-refractivity contribution in [2.75, 3.05) is 0 Å². The van der Waals surface area contributed by atoms with Crippen LogP contribution in [-0.4, -0.2) is 0 Å². The van der Waals surface area contributed by atoms with Crippen LogP contribution in [0.3, 0.4) is 0 Å². The van der Waals surface area contributed by atoms with Crippen LogP contribution in [0.5, 0.6) is 0 Å². The maximum atomic E-state index is 2.46. The van der Waals surface area contributed by atoms with Crippen molar-refractivity contribution in [2.45, 2.75) is 0 Å². The molecule has 0 heteroatoms. The van der Waals surface area contributed by atoms with Gasteiger partial charge < -0.3 is 0 Å². The molecule has 0 unspecified atom stereocenters. The maximum Gasteiger partial charge on any atom is -0.00000299 e. The Balaban J connectivity index is 1.81. The number of rotatable bonds is 0. The van der Waals surface area contributed by atoms with Crippen molar-refractivity contribution in [1.82, 2.24) is 0 Å². The summed E-state index contributed by atoms with van der Waals surface area (Å²) >= 11 is 0. The lowest BCUT2D eigenvalue weighted by atomic mass is 9.90. The molecule has 12 aromatic rings. The topological polar surface area (TPSA) is 0 Å². The van der Waals surface area contributed by atoms with Gasteiger partial charge in [-0.15, -0.1) is 0 Å². The molecule has 0 nitrogen and oxygen atoms in total. The van der Waals surface area contributed by atoms with Crippen LogP contribution in [0.1, 0.15) is 0 Å². The van der Waals surface area contributed by atoms with Crippen molar-refractivity contribution in [1.29, 1.82) is 0 Å². The Labute approximate surface area is 167 Å². The van der Waals surface area contributed by atoms with Crippen molar-refractivity contribution in [3.63, 3.8) is 0 Å². The molecule has 0 N–H and O–H groups in total. The Morgan fingerprint density at radius 3 is 0.467 bits per heavy atom. The summed E-state index contributed by atoms with van der Waals surface area (Å²) in [6.07, 6.45) is 0. The van der Waals surface area contributed by atoms with Crippen molar-refractivity contribution in [3.05, 3.63) is 48.5 Å². The van der Waals surface area contributed by atoms with E-state index in [9.17, 15) is 0 Å². The Bertz CT molecular complexity index is 2210. The summed E-state index contributed by atoms with van der Waals surface area (Å²) in [5.74, 6) is 0. The van der Waals surface area contributed by atoms with Gasteiger partial charge in [-0.2, -0.15) is 0 Å². The van der Waals surface area contributed by atoms with Gasteiger partial charge in [0.25, 0.3) is 0 Å². The molecule has 0 aromatic heterocycles. The summed E-state index contributed by atoms with van der Waals surface area (Å²) in [6, 6.07) is 19.7. The molecule has 0 aliphatic rings. The second-order valence-electron chi connectivity index (χ2n) is 10.0. The lowest BCUT2D eigenvalue weighted by Crippen LogP contribution is -1.83. The van der Waals surface area contributed by atoms with Gasteiger partial charge in [-0.05, 0) is 167 Å². The van der Waals surface area contributed by atoms with Gasteiger partial charge in [-0.1, -0.05) is 0 Å². The second-order valence-corrected chi connectivity index (χ2v) is 10.0. The molecular weight excluding hydrogens is 360 g/mol. The molecule has 30 heavy (non-hydrogen) atoms. The van der Waals surface area contributed by atoms with Gasteiger partial charge in [0.15, 0.2) is 0 Å². The Morgan fingerprint density at radius 2 is 0.300 bits per heavy atom. The van der Waals surface area contributed by atoms with Gasteiger partial charge in [0, 0.05) is 0 Å². The first-order chi connectivity index (χ1) is 14.9. The zero-order valence-electron chi connectivity index (χ0n) is 15.6. The third-order valence-electron chi connectivity index (χ3n) is 9.05. The minimum atomic E-state index is 1.43. The summed E-state index contributed by atoms with van der Waals surface area (Å²) in [7, 11) is 0. The van der Waals surface area contributed by atoms with E-state index in [0.29, 0.717) is 0 Å². The highest BCUT2D eigenvalue weighted by Gasteiger charge is 2.33. The summed E-state index contributed by atoms with van der Waals surface area (Å²) in [5.41, 5.74) is 0. The third-order valence-corrected chi connectivity index (χ3v) is 9.05. The van der Waals surface area contributed by atoms with Crippen LogP contribution < -0.4 is 0 Å². The predicted molar refractivity (Wildman–Crippen MR) is 131 cm³/mol. The fourth-order valence-corrected chi connectivity index (χ4v) is 8.39. The first-order valence-corrected chi connectivity index (χ1v) is 10.9. The van der Waals surface area contributed by atoms with Crippen LogP contribution >= 0.6 is 0 Å². The van der Waals surface area contributed by atoms with E-state index >= 15 is 0 Å². The molecule has 12 rings (SSSR count). The Morgan fingerprint density at radius 1 is 0.167 bits per heavy atom. The van der Waals surface area contributed by atoms with Gasteiger partial charge in [-0.3, -0.25) is 0 Å². The average Bonchev–Trinajstić information content (AvgIpc) is 3.52. The average molecular weight is 368 g/mol. The number of hydrogen-bond acceptors (Lipinski definition) is 0. The first-order valence-electron chi connectivity index (χ1n) is 10.9. The van der Waals surface area contributed by atoms with Crippen LogP contribution in [0.25, 0.3) is 118 Å². The monoisotopic (exact) mass is 368 g/mol. The fourth-order valence-electron chi connectivity index (χ4n) is 8.39. The van der Waals surface area contributed by atoms with Gasteiger partial charge >= 0.3 is 0 Å². The largest absolute Gasteiger partial charge is 0.0464 e. The third kappa shape index (κ3) is 0.784. The van der Waals surface area contributed by atoms with Crippen LogP contribution in [0.15, 0.2) is 48.5 Å². The van der Waals surface area contributed by atoms with E-state index in [-0.39, 0.29) is 0 Å². The van der Waals surface area contributed by atoms with Crippen molar-refractivity contribution >= 4 is 118 Å². The van der Waals surface area contributed by atoms with Crippen molar-refractivity contribution in [3.8, 4) is 0 Å². The lowest BCUT2D eigenvalue weighted by Gasteiger charge is -2.12. The zero-order chi connectivity index (χ0) is 18.4. The SMILES string of the molecule is c1c2cc3cc4cc5cc6cc7cc8cc1c1c2c2c3c4c3c5c6c4c7c8c1c2c34. The lowest BCUT2D eigenvalue weighted by molar-refractivity contribution is 2.04. The summed E-state index contributed by atoms with van der Waals surface area (Å²) in [4.78, 5) is 0. The van der Waals surface area contributed by atoms with Crippen LogP contribution in [0, 0.1) is 0 Å². The van der Waals surface area contributed by atoms with E-state index in [1.54, 1.807) is 32.3 Å². The quantitative estimate of drug-likeness (QED) is 0.235. The normalized spacial score (nSPS) is 15.3. The van der Waals surface area contributed by atoms with Gasteiger partial charge in [0.1, 0.15) is 0 Å². The smallest absolute Gasteiger partial charge is 0.00000299 e. The fraction of sp³-hybridized carbons (Fsp3) is 0. The van der Waals surface area contributed by atoms with E-state index < -0.39 is 0 Å². The molecule has 0 atom stereocenters. The van der Waals surface area contributed by atoms with E-state index in [1.165, 1.54) is 86.2 Å². The molecule has 0 saturated heterocycles. The minimum Gasteiger partial charge on any atom is -0.0464 e. The standard InChI is InChI=1S/C30H8/c1-9-5-10-2-15-8-16-4-12-6-11-3-14-7-13(1)21-22(14)27-19(11)20(12)28-24(16)23(15)26-18(10)17(9)25(21)29(26)30(27)28/h1-8H. The molecule has 0 spiro atoms. The van der Waals surface area contributed by atoms with Gasteiger partial charge in [0.2, 0.25) is 0 Å². The molecule has 0 bridgehead atoms. The van der Waals surface area contributed by atoms with Crippen molar-refractivity contribution in [2.24, 2.45) is 0 Å². The Hall–Kier alpha value is -3.90. The minimum absolute atomic E-state index is 1.43. The zero-order valence-corrected chi connectivity index (χ0v) is 15.6. The summed E-state index contributed by atoms with van der Waals surface area (Å²) in [5, 5.41) is 33.0. The molecule has 0 radical (unpaired) electrons. The van der Waals surface area contributed by atoms with Gasteiger partial charge in [0.05, 0.1) is 0 Å². The number of benzene rings is 6. The summed E-state index contributed by atoms with van der Waals surface area (Å²) in [6.45, 7) is 0. The van der Waals surface area contributed by atoms with Gasteiger partial charge in [-0.25, -0.2) is 0 Å². The van der Waals surface area contributed by atoms with E-state index in [1.807, 2.05) is 0 Å². The highest BCUT2D eigenvalue weighted by molar-refractivity contribution is 6.63. The maximum absolute atomic E-state index is 2.46. The molecule has 0 heterocycles. The highest BCUT2D eigenvalue weighted by Crippen LogP contribution is 2.63. The second kappa shape index (κ2) is 2.97. The predicted octanol–water partition coefficient (Wildman–Crippen LogP) is 8.75. The molecule has 128 valence electrons. The number of hydrogen-bond donors (Lipinski definition) is 0. The molecular formula is C30H8. The van der Waals surface area contributed by atoms with E-state index in [2.05, 4.69) is 48.5 Å². The Kier molecular flexibility index (Phi) is 1.18. The molecule has 0 saturated carbocycles. The van der Waals surface area contributed by atoms with Crippen molar-refractivity contribution < 1.29 is 0 Å². The van der Waals surface area contributed by atoms with Crippen LogP contribution in [0.2, 0.25) is 0 Å². The molecule has 0 fully saturated rings. The molecule has 12 aromatic carbocycles. The van der Waals surface area contributed by atoms with E-state index in [4.69, 9.17) is 0 Å². The first kappa shape index (κ1) is 11.9.